The minimum absolute atomic E-state index is 0.0132. The van der Waals surface area contributed by atoms with Crippen molar-refractivity contribution in [1.82, 2.24) is 9.88 Å². The molecule has 2 aromatic rings. The number of carbonyl (C=O) groups excluding carboxylic acids is 1. The van der Waals surface area contributed by atoms with E-state index in [2.05, 4.69) is 4.98 Å². The van der Waals surface area contributed by atoms with Gasteiger partial charge in [0.1, 0.15) is 0 Å². The minimum atomic E-state index is 0.0132. The maximum atomic E-state index is 12.4. The molecule has 0 aliphatic carbocycles. The van der Waals surface area contributed by atoms with Crippen LogP contribution in [0.5, 0.6) is 0 Å². The van der Waals surface area contributed by atoms with Gasteiger partial charge in [0, 0.05) is 36.8 Å². The molecule has 1 amide bonds. The highest BCUT2D eigenvalue weighted by Gasteiger charge is 2.14. The summed E-state index contributed by atoms with van der Waals surface area (Å²) in [6.07, 6.45) is 2.53. The van der Waals surface area contributed by atoms with Crippen LogP contribution in [-0.4, -0.2) is 35.4 Å². The Kier molecular flexibility index (Phi) is 4.12. The maximum Gasteiger partial charge on any atom is 0.254 e. The van der Waals surface area contributed by atoms with Crippen molar-refractivity contribution in [2.45, 2.75) is 19.4 Å². The van der Waals surface area contributed by atoms with Crippen LogP contribution < -0.4 is 5.73 Å². The fourth-order valence-corrected chi connectivity index (χ4v) is 1.99. The van der Waals surface area contributed by atoms with E-state index in [0.29, 0.717) is 12.1 Å². The Morgan fingerprint density at radius 3 is 2.89 bits per heavy atom. The topological polar surface area (TPSA) is 59.2 Å². The maximum absolute atomic E-state index is 12.4. The number of hydrogen-bond donors (Lipinski definition) is 1. The van der Waals surface area contributed by atoms with Crippen molar-refractivity contribution < 1.29 is 4.79 Å². The molecule has 0 radical (unpaired) electrons. The smallest absolute Gasteiger partial charge is 0.254 e. The normalized spacial score (nSPS) is 12.4. The van der Waals surface area contributed by atoms with Crippen molar-refractivity contribution in [2.75, 3.05) is 13.6 Å². The molecule has 1 atom stereocenters. The first kappa shape index (κ1) is 13.5. The largest absolute Gasteiger partial charge is 0.342 e. The third-order valence-corrected chi connectivity index (χ3v) is 3.14. The van der Waals surface area contributed by atoms with E-state index < -0.39 is 0 Å². The molecule has 19 heavy (non-hydrogen) atoms. The summed E-state index contributed by atoms with van der Waals surface area (Å²) in [5.74, 6) is 0.0132. The Morgan fingerprint density at radius 2 is 2.16 bits per heavy atom. The van der Waals surface area contributed by atoms with E-state index in [1.54, 1.807) is 18.1 Å². The van der Waals surface area contributed by atoms with Crippen molar-refractivity contribution in [3.8, 4) is 0 Å². The average molecular weight is 257 g/mol. The SMILES string of the molecule is CC(N)CCN(C)C(=O)c1cccc2ncccc12. The van der Waals surface area contributed by atoms with Gasteiger partial charge < -0.3 is 10.6 Å². The average Bonchev–Trinajstić information content (AvgIpc) is 2.43. The molecule has 4 nitrogen and oxygen atoms in total. The number of hydrogen-bond acceptors (Lipinski definition) is 3. The molecule has 1 heterocycles. The zero-order chi connectivity index (χ0) is 13.8. The van der Waals surface area contributed by atoms with Crippen molar-refractivity contribution >= 4 is 16.8 Å². The van der Waals surface area contributed by atoms with E-state index in [9.17, 15) is 4.79 Å². The van der Waals surface area contributed by atoms with E-state index in [1.165, 1.54) is 0 Å². The van der Waals surface area contributed by atoms with Crippen molar-refractivity contribution in [3.05, 3.63) is 42.1 Å². The molecule has 0 saturated heterocycles. The molecule has 4 heteroatoms. The highest BCUT2D eigenvalue weighted by atomic mass is 16.2. The summed E-state index contributed by atoms with van der Waals surface area (Å²) in [5.41, 5.74) is 7.26. The second-order valence-electron chi connectivity index (χ2n) is 4.87. The van der Waals surface area contributed by atoms with Gasteiger partial charge in [-0.1, -0.05) is 12.1 Å². The quantitative estimate of drug-likeness (QED) is 0.912. The number of aromatic nitrogens is 1. The number of fused-ring (bicyclic) bond motifs is 1. The van der Waals surface area contributed by atoms with E-state index in [1.807, 2.05) is 37.3 Å². The molecule has 0 aliphatic rings. The molecule has 1 aromatic carbocycles. The monoisotopic (exact) mass is 257 g/mol. The highest BCUT2D eigenvalue weighted by Crippen LogP contribution is 2.17. The Balaban J connectivity index is 2.26. The van der Waals surface area contributed by atoms with Crippen LogP contribution in [-0.2, 0) is 0 Å². The second-order valence-corrected chi connectivity index (χ2v) is 4.87. The summed E-state index contributed by atoms with van der Waals surface area (Å²) < 4.78 is 0. The lowest BCUT2D eigenvalue weighted by molar-refractivity contribution is 0.0794. The summed E-state index contributed by atoms with van der Waals surface area (Å²) in [7, 11) is 1.81. The molecule has 0 saturated carbocycles. The fraction of sp³-hybridized carbons (Fsp3) is 0.333. The van der Waals surface area contributed by atoms with Crippen LogP contribution in [0.4, 0.5) is 0 Å². The number of amides is 1. The van der Waals surface area contributed by atoms with Crippen molar-refractivity contribution in [3.63, 3.8) is 0 Å². The summed E-state index contributed by atoms with van der Waals surface area (Å²) in [4.78, 5) is 18.4. The van der Waals surface area contributed by atoms with Crippen LogP contribution in [0.1, 0.15) is 23.7 Å². The van der Waals surface area contributed by atoms with Gasteiger partial charge >= 0.3 is 0 Å². The third-order valence-electron chi connectivity index (χ3n) is 3.14. The van der Waals surface area contributed by atoms with Crippen LogP contribution >= 0.6 is 0 Å². The lowest BCUT2D eigenvalue weighted by atomic mass is 10.1. The first-order valence-corrected chi connectivity index (χ1v) is 6.44. The van der Waals surface area contributed by atoms with Gasteiger partial charge in [-0.15, -0.1) is 0 Å². The minimum Gasteiger partial charge on any atom is -0.342 e. The van der Waals surface area contributed by atoms with Gasteiger partial charge in [0.15, 0.2) is 0 Å². The standard InChI is InChI=1S/C15H19N3O/c1-11(16)8-10-18(2)15(19)13-5-3-7-14-12(13)6-4-9-17-14/h3-7,9,11H,8,10,16H2,1-2H3. The predicted octanol–water partition coefficient (Wildman–Crippen LogP) is 2.04. The van der Waals surface area contributed by atoms with E-state index in [-0.39, 0.29) is 11.9 Å². The molecular formula is C15H19N3O. The van der Waals surface area contributed by atoms with Crippen molar-refractivity contribution in [1.29, 1.82) is 0 Å². The number of carbonyl (C=O) groups is 1. The first-order chi connectivity index (χ1) is 9.09. The summed E-state index contributed by atoms with van der Waals surface area (Å²) in [5, 5.41) is 0.891. The van der Waals surface area contributed by atoms with E-state index in [4.69, 9.17) is 5.73 Å². The first-order valence-electron chi connectivity index (χ1n) is 6.44. The summed E-state index contributed by atoms with van der Waals surface area (Å²) in [6, 6.07) is 9.49. The molecule has 2 rings (SSSR count). The van der Waals surface area contributed by atoms with E-state index in [0.717, 1.165) is 17.3 Å². The van der Waals surface area contributed by atoms with Gasteiger partial charge in [-0.3, -0.25) is 9.78 Å². The number of pyridine rings is 1. The Morgan fingerprint density at radius 1 is 1.37 bits per heavy atom. The number of benzene rings is 1. The third kappa shape index (κ3) is 3.09. The fourth-order valence-electron chi connectivity index (χ4n) is 1.99. The van der Waals surface area contributed by atoms with Gasteiger partial charge in [-0.25, -0.2) is 0 Å². The van der Waals surface area contributed by atoms with Gasteiger partial charge in [-0.2, -0.15) is 0 Å². The zero-order valence-corrected chi connectivity index (χ0v) is 11.3. The molecule has 0 bridgehead atoms. The van der Waals surface area contributed by atoms with Gasteiger partial charge in [-0.05, 0) is 31.5 Å². The highest BCUT2D eigenvalue weighted by molar-refractivity contribution is 6.05. The van der Waals surface area contributed by atoms with Gasteiger partial charge in [0.2, 0.25) is 0 Å². The predicted molar refractivity (Wildman–Crippen MR) is 77.0 cm³/mol. The number of nitrogens with two attached hydrogens (primary N) is 1. The van der Waals surface area contributed by atoms with Crippen molar-refractivity contribution in [2.24, 2.45) is 5.73 Å². The van der Waals surface area contributed by atoms with Crippen LogP contribution in [0.15, 0.2) is 36.5 Å². The Bertz CT molecular complexity index is 575. The van der Waals surface area contributed by atoms with Crippen LogP contribution in [0.25, 0.3) is 10.9 Å². The molecular weight excluding hydrogens is 238 g/mol. The molecule has 0 fully saturated rings. The van der Waals surface area contributed by atoms with Crippen LogP contribution in [0.3, 0.4) is 0 Å². The second kappa shape index (κ2) is 5.80. The molecule has 0 spiro atoms. The van der Waals surface area contributed by atoms with Crippen LogP contribution in [0, 0.1) is 0 Å². The zero-order valence-electron chi connectivity index (χ0n) is 11.3. The Hall–Kier alpha value is -1.94. The summed E-state index contributed by atoms with van der Waals surface area (Å²) in [6.45, 7) is 2.60. The van der Waals surface area contributed by atoms with Gasteiger partial charge in [0.25, 0.3) is 5.91 Å². The molecule has 100 valence electrons. The molecule has 2 N–H and O–H groups in total. The lowest BCUT2D eigenvalue weighted by Crippen LogP contribution is -2.31. The molecule has 1 unspecified atom stereocenters. The molecule has 0 aliphatic heterocycles. The number of nitrogens with zero attached hydrogens (tertiary/aromatic N) is 2. The van der Waals surface area contributed by atoms with E-state index >= 15 is 0 Å². The van der Waals surface area contributed by atoms with Crippen LogP contribution in [0.2, 0.25) is 0 Å². The van der Waals surface area contributed by atoms with Gasteiger partial charge in [0.05, 0.1) is 5.52 Å². The lowest BCUT2D eigenvalue weighted by Gasteiger charge is -2.19. The summed E-state index contributed by atoms with van der Waals surface area (Å²) >= 11 is 0. The number of rotatable bonds is 4. The molecule has 1 aromatic heterocycles. The Labute approximate surface area is 113 Å².